The van der Waals surface area contributed by atoms with Gasteiger partial charge in [0.1, 0.15) is 11.5 Å². The summed E-state index contributed by atoms with van der Waals surface area (Å²) in [5.74, 6) is -1.27. The topological polar surface area (TPSA) is 127 Å². The number of urea groups is 1. The molecule has 3 aromatic carbocycles. The van der Waals surface area contributed by atoms with Crippen molar-refractivity contribution < 1.29 is 28.0 Å². The van der Waals surface area contributed by atoms with Crippen LogP contribution in [0.5, 0.6) is 0 Å². The second kappa shape index (κ2) is 15.7. The number of carbonyl (C=O) groups is 4. The third kappa shape index (κ3) is 7.63. The van der Waals surface area contributed by atoms with Crippen molar-refractivity contribution in [1.29, 1.82) is 0 Å². The van der Waals surface area contributed by atoms with Gasteiger partial charge >= 0.3 is 6.03 Å². The number of rotatable bonds is 9. The fourth-order valence-electron chi connectivity index (χ4n) is 8.16. The molecular formula is C43H44F2N8O4. The van der Waals surface area contributed by atoms with Crippen molar-refractivity contribution in [2.24, 2.45) is 0 Å². The Morgan fingerprint density at radius 1 is 0.947 bits per heavy atom. The number of amides is 5. The number of anilines is 2. The lowest BCUT2D eigenvalue weighted by Gasteiger charge is -2.34. The summed E-state index contributed by atoms with van der Waals surface area (Å²) in [6, 6.07) is 17.8. The van der Waals surface area contributed by atoms with Crippen LogP contribution in [0.3, 0.4) is 0 Å². The molecule has 14 heteroatoms. The normalized spacial score (nSPS) is 16.6. The number of aryl methyl sites for hydroxylation is 1. The monoisotopic (exact) mass is 774 g/mol. The van der Waals surface area contributed by atoms with Crippen LogP contribution >= 0.6 is 0 Å². The quantitative estimate of drug-likeness (QED) is 0.175. The Morgan fingerprint density at radius 2 is 1.74 bits per heavy atom. The number of piperidine rings is 1. The maximum absolute atomic E-state index is 16.5. The number of aromatic amines is 1. The number of benzene rings is 3. The predicted molar refractivity (Wildman–Crippen MR) is 214 cm³/mol. The van der Waals surface area contributed by atoms with Gasteiger partial charge in [0.15, 0.2) is 5.82 Å². The molecule has 0 unspecified atom stereocenters. The first-order valence-electron chi connectivity index (χ1n) is 19.3. The summed E-state index contributed by atoms with van der Waals surface area (Å²) in [5, 5.41) is 7.05. The molecule has 0 radical (unpaired) electrons. The van der Waals surface area contributed by atoms with Gasteiger partial charge < -0.3 is 19.7 Å². The van der Waals surface area contributed by atoms with Crippen LogP contribution in [0.2, 0.25) is 0 Å². The lowest BCUT2D eigenvalue weighted by atomic mass is 9.87. The molecule has 2 fully saturated rings. The highest BCUT2D eigenvalue weighted by Crippen LogP contribution is 2.39. The van der Waals surface area contributed by atoms with Crippen LogP contribution in [0.1, 0.15) is 59.6 Å². The number of halogens is 2. The van der Waals surface area contributed by atoms with Gasteiger partial charge in [-0.05, 0) is 83.8 Å². The van der Waals surface area contributed by atoms with E-state index in [1.54, 1.807) is 48.1 Å². The summed E-state index contributed by atoms with van der Waals surface area (Å²) >= 11 is 0. The number of imide groups is 1. The molecule has 294 valence electrons. The molecule has 5 amide bonds. The molecule has 2 aromatic heterocycles. The maximum atomic E-state index is 16.5. The van der Waals surface area contributed by atoms with Gasteiger partial charge in [-0.1, -0.05) is 30.3 Å². The third-order valence-corrected chi connectivity index (χ3v) is 11.3. The van der Waals surface area contributed by atoms with E-state index in [9.17, 15) is 19.2 Å². The van der Waals surface area contributed by atoms with E-state index in [1.807, 2.05) is 41.4 Å². The standard InChI is InChI=1S/C43H44F2N8O4/c1-49(2)42(56)36-25-34-32(24-33(40(45)41(34)47-36)30-5-3-17-51(26-30)39(55)15-21-52-18-4-16-46-52)29-8-6-27(7-9-29)28-12-19-50(20-13-28)37-11-10-31(23-35(37)44)53-22-14-38(54)48-43(53)57/h4-11,16,18,23-25,28,47H,3,12-15,17,19-22,26H2,1-2H3,(H,48,54,57). The van der Waals surface area contributed by atoms with Crippen LogP contribution in [-0.4, -0.2) is 95.1 Å². The summed E-state index contributed by atoms with van der Waals surface area (Å²) in [7, 11) is 3.30. The fourth-order valence-corrected chi connectivity index (χ4v) is 8.16. The van der Waals surface area contributed by atoms with Crippen LogP contribution in [0.15, 0.2) is 79.1 Å². The van der Waals surface area contributed by atoms with Gasteiger partial charge in [0, 0.05) is 95.2 Å². The molecule has 0 saturated carbocycles. The smallest absolute Gasteiger partial charge is 0.328 e. The first kappa shape index (κ1) is 37.6. The molecule has 3 aliphatic heterocycles. The number of nitrogens with one attached hydrogen (secondary N) is 2. The highest BCUT2D eigenvalue weighted by molar-refractivity contribution is 6.06. The number of aromatic nitrogens is 3. The minimum Gasteiger partial charge on any atom is -0.369 e. The second-order valence-corrected chi connectivity index (χ2v) is 15.1. The van der Waals surface area contributed by atoms with Crippen molar-refractivity contribution >= 4 is 51.6 Å². The van der Waals surface area contributed by atoms with Gasteiger partial charge in [0.05, 0.1) is 11.2 Å². The first-order valence-corrected chi connectivity index (χ1v) is 19.3. The number of carbonyl (C=O) groups excluding carboxylic acids is 4. The van der Waals surface area contributed by atoms with E-state index in [1.165, 1.54) is 15.9 Å². The second-order valence-electron chi connectivity index (χ2n) is 15.1. The number of hydrogen-bond donors (Lipinski definition) is 2. The summed E-state index contributed by atoms with van der Waals surface area (Å²) in [4.78, 5) is 59.7. The molecular weight excluding hydrogens is 731 g/mol. The Labute approximate surface area is 328 Å². The molecule has 0 atom stereocenters. The Balaban J connectivity index is 1.01. The van der Waals surface area contributed by atoms with Gasteiger partial charge in [-0.3, -0.25) is 29.3 Å². The molecule has 8 rings (SSSR count). The van der Waals surface area contributed by atoms with Gasteiger partial charge in [0.2, 0.25) is 11.8 Å². The molecule has 3 aliphatic rings. The van der Waals surface area contributed by atoms with Crippen LogP contribution in [0.4, 0.5) is 25.0 Å². The average Bonchev–Trinajstić information content (AvgIpc) is 3.92. The van der Waals surface area contributed by atoms with Crippen molar-refractivity contribution in [2.75, 3.05) is 56.6 Å². The molecule has 5 aromatic rings. The summed E-state index contributed by atoms with van der Waals surface area (Å²) in [5.41, 5.74) is 5.29. The van der Waals surface area contributed by atoms with Crippen molar-refractivity contribution in [2.45, 2.75) is 44.6 Å². The molecule has 0 bridgehead atoms. The van der Waals surface area contributed by atoms with Gasteiger partial charge in [-0.25, -0.2) is 13.6 Å². The van der Waals surface area contributed by atoms with Crippen molar-refractivity contribution in [3.63, 3.8) is 0 Å². The highest BCUT2D eigenvalue weighted by atomic mass is 19.1. The van der Waals surface area contributed by atoms with Crippen molar-refractivity contribution in [3.8, 4) is 11.1 Å². The number of H-pyrrole nitrogens is 1. The maximum Gasteiger partial charge on any atom is 0.328 e. The molecule has 0 aliphatic carbocycles. The van der Waals surface area contributed by atoms with E-state index in [2.05, 4.69) is 27.5 Å². The largest absolute Gasteiger partial charge is 0.369 e. The molecule has 57 heavy (non-hydrogen) atoms. The highest BCUT2D eigenvalue weighted by Gasteiger charge is 2.28. The van der Waals surface area contributed by atoms with E-state index in [4.69, 9.17) is 0 Å². The Hall–Kier alpha value is -6.31. The van der Waals surface area contributed by atoms with Crippen LogP contribution in [-0.2, 0) is 16.1 Å². The van der Waals surface area contributed by atoms with Gasteiger partial charge in [0.25, 0.3) is 5.91 Å². The SMILES string of the molecule is CN(C)C(=O)c1cc2c(-c3ccc(C4CCN(c5ccc(N6CCC(=O)NC6=O)cc5F)CC4)cc3)cc(C3=CCCN(C(=O)CCn4cccn4)C3)c(F)c2[nH]1. The first-order chi connectivity index (χ1) is 27.5. The Kier molecular flexibility index (Phi) is 10.3. The summed E-state index contributed by atoms with van der Waals surface area (Å²) < 4.78 is 33.6. The van der Waals surface area contributed by atoms with Crippen molar-refractivity contribution in [1.82, 2.24) is 29.9 Å². The molecule has 5 heterocycles. The molecule has 0 spiro atoms. The van der Waals surface area contributed by atoms with Gasteiger partial charge in [-0.2, -0.15) is 5.10 Å². The minimum absolute atomic E-state index is 0.0241. The van der Waals surface area contributed by atoms with E-state index >= 15 is 8.78 Å². The van der Waals surface area contributed by atoms with Crippen LogP contribution in [0, 0.1) is 11.6 Å². The van der Waals surface area contributed by atoms with E-state index in [0.29, 0.717) is 60.5 Å². The average molecular weight is 775 g/mol. The zero-order chi connectivity index (χ0) is 39.8. The lowest BCUT2D eigenvalue weighted by Crippen LogP contribution is -2.49. The predicted octanol–water partition coefficient (Wildman–Crippen LogP) is 6.55. The summed E-state index contributed by atoms with van der Waals surface area (Å²) in [6.07, 6.45) is 8.15. The van der Waals surface area contributed by atoms with E-state index in [0.717, 1.165) is 29.5 Å². The zero-order valence-electron chi connectivity index (χ0n) is 31.9. The zero-order valence-corrected chi connectivity index (χ0v) is 31.9. The Morgan fingerprint density at radius 3 is 2.44 bits per heavy atom. The van der Waals surface area contributed by atoms with Crippen LogP contribution < -0.4 is 15.1 Å². The molecule has 12 nitrogen and oxygen atoms in total. The van der Waals surface area contributed by atoms with Gasteiger partial charge in [-0.15, -0.1) is 0 Å². The van der Waals surface area contributed by atoms with E-state index < -0.39 is 17.7 Å². The van der Waals surface area contributed by atoms with E-state index in [-0.39, 0.29) is 60.8 Å². The Bertz CT molecular complexity index is 2380. The third-order valence-electron chi connectivity index (χ3n) is 11.3. The fraction of sp³-hybridized carbons (Fsp3) is 0.326. The molecule has 2 N–H and O–H groups in total. The van der Waals surface area contributed by atoms with Crippen molar-refractivity contribution in [3.05, 3.63) is 108 Å². The molecule has 2 saturated heterocycles. The lowest BCUT2D eigenvalue weighted by molar-refractivity contribution is -0.131. The number of fused-ring (bicyclic) bond motifs is 1. The minimum atomic E-state index is -0.550. The number of hydrogen-bond acceptors (Lipinski definition) is 6. The van der Waals surface area contributed by atoms with Crippen LogP contribution in [0.25, 0.3) is 27.6 Å². The summed E-state index contributed by atoms with van der Waals surface area (Å²) in [6.45, 7) is 2.78. The number of nitrogens with zero attached hydrogens (tertiary/aromatic N) is 6.